The summed E-state index contributed by atoms with van der Waals surface area (Å²) in [5, 5.41) is 9.89. The maximum absolute atomic E-state index is 12.9. The second kappa shape index (κ2) is 15.0. The van der Waals surface area contributed by atoms with Crippen molar-refractivity contribution in [3.63, 3.8) is 0 Å². The third kappa shape index (κ3) is 9.13. The Hall–Kier alpha value is -4.37. The van der Waals surface area contributed by atoms with Gasteiger partial charge in [0.05, 0.1) is 44.5 Å². The number of carboxylic acids is 1. The van der Waals surface area contributed by atoms with Gasteiger partial charge < -0.3 is 29.0 Å². The van der Waals surface area contributed by atoms with Crippen LogP contribution in [0, 0.1) is 11.8 Å². The quantitative estimate of drug-likeness (QED) is 0.164. The van der Waals surface area contributed by atoms with Gasteiger partial charge in [-0.05, 0) is 40.8 Å². The first-order valence-corrected chi connectivity index (χ1v) is 17.5. The van der Waals surface area contributed by atoms with Gasteiger partial charge in [0.1, 0.15) is 0 Å². The normalized spacial score (nSPS) is 13.9. The average Bonchev–Trinajstić information content (AvgIpc) is 3.62. The van der Waals surface area contributed by atoms with Crippen molar-refractivity contribution in [3.05, 3.63) is 46.3 Å². The highest BCUT2D eigenvalue weighted by Gasteiger charge is 2.28. The molecule has 2 atom stereocenters. The van der Waals surface area contributed by atoms with E-state index in [1.807, 2.05) is 16.9 Å². The Morgan fingerprint density at radius 1 is 0.872 bits per heavy atom. The topological polar surface area (TPSA) is 175 Å². The number of hydrogen-bond acceptors (Lipinski definition) is 11. The number of thiophene rings is 1. The molecule has 0 saturated carbocycles. The number of ether oxygens (including phenoxy) is 4. The fourth-order valence-electron chi connectivity index (χ4n) is 4.97. The number of amides is 2. The van der Waals surface area contributed by atoms with Gasteiger partial charge in [0.2, 0.25) is 21.8 Å². The molecule has 0 fully saturated rings. The first-order valence-electron chi connectivity index (χ1n) is 14.8. The molecule has 2 unspecified atom stereocenters. The molecule has 3 aromatic rings. The molecule has 15 heteroatoms. The van der Waals surface area contributed by atoms with Crippen molar-refractivity contribution in [2.45, 2.75) is 46.2 Å². The SMILES string of the molecule is COc1cc2c(cc1OCCCOc1cc3cc(C(=O)CC(C)C(=O)NS(C)(=O)=O)sc3cc1OC)CN(C(=O)CC(C)C(=O)O)C2. The van der Waals surface area contributed by atoms with Crippen LogP contribution in [0.25, 0.3) is 10.1 Å². The second-order valence-corrected chi connectivity index (χ2v) is 14.3. The number of carbonyl (C=O) groups excluding carboxylic acids is 3. The van der Waals surface area contributed by atoms with Crippen LogP contribution in [0.15, 0.2) is 30.3 Å². The highest BCUT2D eigenvalue weighted by molar-refractivity contribution is 7.89. The van der Waals surface area contributed by atoms with E-state index in [-0.39, 0.29) is 24.5 Å². The predicted molar refractivity (Wildman–Crippen MR) is 174 cm³/mol. The van der Waals surface area contributed by atoms with E-state index >= 15 is 0 Å². The summed E-state index contributed by atoms with van der Waals surface area (Å²) in [6.45, 7) is 4.34. The minimum Gasteiger partial charge on any atom is -0.493 e. The molecule has 254 valence electrons. The molecule has 0 radical (unpaired) electrons. The molecule has 47 heavy (non-hydrogen) atoms. The number of Topliss-reactive ketones (excluding diaryl/α,β-unsaturated/α-hetero) is 1. The van der Waals surface area contributed by atoms with Gasteiger partial charge in [-0.3, -0.25) is 23.9 Å². The molecule has 2 N–H and O–H groups in total. The summed E-state index contributed by atoms with van der Waals surface area (Å²) in [6, 6.07) is 8.93. The first kappa shape index (κ1) is 35.5. The van der Waals surface area contributed by atoms with E-state index < -0.39 is 33.7 Å². The molecular formula is C32H38N2O11S2. The van der Waals surface area contributed by atoms with Gasteiger partial charge in [-0.1, -0.05) is 13.8 Å². The number of sulfonamides is 1. The molecule has 0 spiro atoms. The Morgan fingerprint density at radius 2 is 1.45 bits per heavy atom. The Labute approximate surface area is 276 Å². The number of carboxylic acid groups (broad SMARTS) is 1. The summed E-state index contributed by atoms with van der Waals surface area (Å²) in [5.74, 6) is -1.82. The van der Waals surface area contributed by atoms with Gasteiger partial charge in [0.25, 0.3) is 0 Å². The molecular weight excluding hydrogens is 652 g/mol. The fraction of sp³-hybridized carbons (Fsp3) is 0.438. The molecule has 0 aliphatic carbocycles. The summed E-state index contributed by atoms with van der Waals surface area (Å²) in [4.78, 5) is 50.8. The lowest BCUT2D eigenvalue weighted by Crippen LogP contribution is -2.34. The summed E-state index contributed by atoms with van der Waals surface area (Å²) in [7, 11) is -0.670. The van der Waals surface area contributed by atoms with Crippen LogP contribution in [-0.4, -0.2) is 75.7 Å². The lowest BCUT2D eigenvalue weighted by atomic mass is 10.0. The van der Waals surface area contributed by atoms with Crippen molar-refractivity contribution in [2.75, 3.05) is 33.7 Å². The third-order valence-electron chi connectivity index (χ3n) is 7.57. The van der Waals surface area contributed by atoms with Crippen molar-refractivity contribution in [2.24, 2.45) is 11.8 Å². The van der Waals surface area contributed by atoms with Crippen molar-refractivity contribution in [1.82, 2.24) is 9.62 Å². The number of nitrogens with one attached hydrogen (secondary N) is 1. The number of fused-ring (bicyclic) bond motifs is 2. The van der Waals surface area contributed by atoms with Gasteiger partial charge >= 0.3 is 5.97 Å². The monoisotopic (exact) mass is 690 g/mol. The summed E-state index contributed by atoms with van der Waals surface area (Å²) in [6.07, 6.45) is 1.18. The second-order valence-electron chi connectivity index (χ2n) is 11.4. The van der Waals surface area contributed by atoms with Crippen LogP contribution in [0.4, 0.5) is 0 Å². The Kier molecular flexibility index (Phi) is 11.3. The molecule has 1 aromatic heterocycles. The first-order chi connectivity index (χ1) is 22.2. The van der Waals surface area contributed by atoms with Gasteiger partial charge in [-0.2, -0.15) is 0 Å². The summed E-state index contributed by atoms with van der Waals surface area (Å²) < 4.78 is 48.4. The number of rotatable bonds is 16. The number of methoxy groups -OCH3 is 2. The van der Waals surface area contributed by atoms with Gasteiger partial charge in [-0.15, -0.1) is 11.3 Å². The van der Waals surface area contributed by atoms with E-state index in [2.05, 4.69) is 0 Å². The van der Waals surface area contributed by atoms with E-state index in [0.29, 0.717) is 60.6 Å². The van der Waals surface area contributed by atoms with E-state index in [9.17, 15) is 27.6 Å². The number of carbonyl (C=O) groups is 4. The molecule has 1 aliphatic rings. The molecule has 2 aromatic carbocycles. The Morgan fingerprint density at radius 3 is 2.02 bits per heavy atom. The minimum atomic E-state index is -3.72. The lowest BCUT2D eigenvalue weighted by molar-refractivity contribution is -0.145. The highest BCUT2D eigenvalue weighted by atomic mass is 32.2. The molecule has 2 amide bonds. The zero-order valence-corrected chi connectivity index (χ0v) is 28.4. The highest BCUT2D eigenvalue weighted by Crippen LogP contribution is 2.38. The van der Waals surface area contributed by atoms with Crippen LogP contribution in [0.5, 0.6) is 23.0 Å². The van der Waals surface area contributed by atoms with Crippen LogP contribution < -0.4 is 23.7 Å². The Balaban J connectivity index is 1.33. The van der Waals surface area contributed by atoms with E-state index in [1.54, 1.807) is 23.1 Å². The van der Waals surface area contributed by atoms with Gasteiger partial charge in [0.15, 0.2) is 28.8 Å². The smallest absolute Gasteiger partial charge is 0.306 e. The zero-order valence-electron chi connectivity index (χ0n) is 26.8. The lowest BCUT2D eigenvalue weighted by Gasteiger charge is -2.16. The number of nitrogens with zero attached hydrogens (tertiary/aromatic N) is 1. The minimum absolute atomic E-state index is 0.0679. The largest absolute Gasteiger partial charge is 0.493 e. The molecule has 1 aliphatic heterocycles. The van der Waals surface area contributed by atoms with Crippen LogP contribution in [0.2, 0.25) is 0 Å². The summed E-state index contributed by atoms with van der Waals surface area (Å²) in [5.41, 5.74) is 1.83. The number of aliphatic carboxylic acids is 1. The van der Waals surface area contributed by atoms with Crippen LogP contribution in [0.1, 0.15) is 53.9 Å². The van der Waals surface area contributed by atoms with Crippen molar-refractivity contribution in [3.8, 4) is 23.0 Å². The van der Waals surface area contributed by atoms with Crippen molar-refractivity contribution in [1.29, 1.82) is 0 Å². The van der Waals surface area contributed by atoms with Crippen LogP contribution >= 0.6 is 11.3 Å². The average molecular weight is 691 g/mol. The van der Waals surface area contributed by atoms with Crippen molar-refractivity contribution >= 4 is 55.0 Å². The van der Waals surface area contributed by atoms with Crippen molar-refractivity contribution < 1.29 is 51.6 Å². The van der Waals surface area contributed by atoms with E-state index in [0.717, 1.165) is 27.5 Å². The third-order valence-corrected chi connectivity index (χ3v) is 9.28. The van der Waals surface area contributed by atoms with Crippen LogP contribution in [-0.2, 0) is 37.5 Å². The molecule has 13 nitrogen and oxygen atoms in total. The number of ketones is 1. The maximum Gasteiger partial charge on any atom is 0.306 e. The molecule has 0 bridgehead atoms. The number of benzene rings is 2. The van der Waals surface area contributed by atoms with Crippen LogP contribution in [0.3, 0.4) is 0 Å². The molecule has 4 rings (SSSR count). The Bertz CT molecular complexity index is 1780. The zero-order chi connectivity index (χ0) is 34.5. The molecule has 2 heterocycles. The van der Waals surface area contributed by atoms with Gasteiger partial charge in [-0.25, -0.2) is 8.42 Å². The van der Waals surface area contributed by atoms with E-state index in [4.69, 9.17) is 24.1 Å². The number of hydrogen-bond donors (Lipinski definition) is 2. The van der Waals surface area contributed by atoms with E-state index in [1.165, 1.54) is 39.4 Å². The van der Waals surface area contributed by atoms with Gasteiger partial charge in [0, 0.05) is 49.0 Å². The molecule has 0 saturated heterocycles. The predicted octanol–water partition coefficient (Wildman–Crippen LogP) is 4.00. The fourth-order valence-corrected chi connectivity index (χ4v) is 6.56. The standard InChI is InChI=1S/C32H38N2O11S2/c1-18(31(37)33-47(5,40)41)9-23(35)29-14-20-11-26(25(43-4)15-28(20)46-29)44-7-6-8-45-27-13-22-17-34(16-21(22)12-24(27)42-3)30(36)10-19(2)32(38)39/h11-15,18-19H,6-10,16-17H2,1-5H3,(H,33,37)(H,38,39). The summed E-state index contributed by atoms with van der Waals surface area (Å²) >= 11 is 1.24. The maximum atomic E-state index is 12.9.